The molecule has 0 fully saturated rings. The molecule has 2 radical (unpaired) electrons. The minimum absolute atomic E-state index is 0. The van der Waals surface area contributed by atoms with Gasteiger partial charge in [-0.3, -0.25) is 0 Å². The van der Waals surface area contributed by atoms with Crippen LogP contribution in [0.2, 0.25) is 0 Å². The first-order chi connectivity index (χ1) is 9.58. The molecule has 3 aromatic carbocycles. The van der Waals surface area contributed by atoms with E-state index in [-0.39, 0.29) is 34.2 Å². The van der Waals surface area contributed by atoms with Crippen LogP contribution in [0.1, 0.15) is 20.7 Å². The van der Waals surface area contributed by atoms with E-state index in [9.17, 15) is 14.7 Å². The number of rotatable bonds is 2. The number of benzene rings is 3. The highest BCUT2D eigenvalue weighted by Crippen LogP contribution is 2.28. The molecule has 5 heteroatoms. The highest BCUT2D eigenvalue weighted by molar-refractivity contribution is 6.14. The normalized spacial score (nSPS) is 10.3. The van der Waals surface area contributed by atoms with Crippen molar-refractivity contribution in [2.75, 3.05) is 0 Å². The number of carbonyl (C=O) groups is 2. The molecule has 0 aromatic heterocycles. The second-order valence-electron chi connectivity index (χ2n) is 4.52. The Morgan fingerprint density at radius 3 is 1.95 bits per heavy atom. The number of hydrogen-bond donors (Lipinski definition) is 2. The smallest absolute Gasteiger partial charge is 0.337 e. The maximum atomic E-state index is 11.4. The third kappa shape index (κ3) is 2.57. The number of carboxylic acids is 2. The van der Waals surface area contributed by atoms with Gasteiger partial charge < -0.3 is 10.2 Å². The lowest BCUT2D eigenvalue weighted by molar-refractivity contribution is 0.0653. The largest absolute Gasteiger partial charge is 0.478 e. The zero-order valence-electron chi connectivity index (χ0n) is 11.0. The van der Waals surface area contributed by atoms with Crippen molar-refractivity contribution >= 4 is 56.5 Å². The SMILES string of the molecule is O=C(O)c1ccc2cc3ccccc3cc2c1C(=O)O.[Mg]. The molecule has 3 aromatic rings. The van der Waals surface area contributed by atoms with Crippen molar-refractivity contribution in [3.05, 3.63) is 59.7 Å². The number of aromatic carboxylic acids is 2. The Bertz CT molecular complexity index is 871. The van der Waals surface area contributed by atoms with Gasteiger partial charge in [-0.15, -0.1) is 0 Å². The minimum atomic E-state index is -1.24. The molecule has 3 rings (SSSR count). The van der Waals surface area contributed by atoms with Gasteiger partial charge in [0.25, 0.3) is 0 Å². The Balaban J connectivity index is 0.00000161. The third-order valence-electron chi connectivity index (χ3n) is 3.33. The molecule has 4 nitrogen and oxygen atoms in total. The summed E-state index contributed by atoms with van der Waals surface area (Å²) in [6, 6.07) is 14.1. The molecular weight excluding hydrogens is 280 g/mol. The summed E-state index contributed by atoms with van der Waals surface area (Å²) in [6.07, 6.45) is 0. The second-order valence-corrected chi connectivity index (χ2v) is 4.52. The van der Waals surface area contributed by atoms with Crippen molar-refractivity contribution < 1.29 is 19.8 Å². The molecule has 21 heavy (non-hydrogen) atoms. The van der Waals surface area contributed by atoms with Crippen molar-refractivity contribution in [1.82, 2.24) is 0 Å². The molecule has 0 heterocycles. The Morgan fingerprint density at radius 1 is 0.762 bits per heavy atom. The van der Waals surface area contributed by atoms with Gasteiger partial charge >= 0.3 is 11.9 Å². The Kier molecular flexibility index (Phi) is 4.15. The zero-order chi connectivity index (χ0) is 14.3. The van der Waals surface area contributed by atoms with Crippen molar-refractivity contribution in [2.45, 2.75) is 0 Å². The van der Waals surface area contributed by atoms with Crippen LogP contribution < -0.4 is 0 Å². The number of fused-ring (bicyclic) bond motifs is 2. The average Bonchev–Trinajstić information content (AvgIpc) is 2.43. The van der Waals surface area contributed by atoms with Crippen LogP contribution in [0.5, 0.6) is 0 Å². The highest BCUT2D eigenvalue weighted by atomic mass is 24.3. The summed E-state index contributed by atoms with van der Waals surface area (Å²) in [4.78, 5) is 22.6. The van der Waals surface area contributed by atoms with E-state index in [1.165, 1.54) is 6.07 Å². The van der Waals surface area contributed by atoms with Crippen molar-refractivity contribution in [2.24, 2.45) is 0 Å². The van der Waals surface area contributed by atoms with Crippen molar-refractivity contribution in [1.29, 1.82) is 0 Å². The predicted molar refractivity (Wildman–Crippen MR) is 81.1 cm³/mol. The molecule has 0 saturated heterocycles. The molecule has 0 aliphatic rings. The van der Waals surface area contributed by atoms with E-state index in [1.807, 2.05) is 30.3 Å². The van der Waals surface area contributed by atoms with Crippen LogP contribution in [-0.4, -0.2) is 45.2 Å². The van der Waals surface area contributed by atoms with Crippen LogP contribution in [-0.2, 0) is 0 Å². The quantitative estimate of drug-likeness (QED) is 0.562. The second kappa shape index (κ2) is 5.71. The number of carboxylic acid groups (broad SMARTS) is 2. The first-order valence-electron chi connectivity index (χ1n) is 6.00. The fraction of sp³-hybridized carbons (Fsp3) is 0. The molecule has 0 aliphatic carbocycles. The van der Waals surface area contributed by atoms with E-state index in [1.54, 1.807) is 12.1 Å². The summed E-state index contributed by atoms with van der Waals surface area (Å²) in [5.74, 6) is -2.47. The van der Waals surface area contributed by atoms with Gasteiger partial charge in [0.05, 0.1) is 11.1 Å². The minimum Gasteiger partial charge on any atom is -0.478 e. The average molecular weight is 291 g/mol. The maximum absolute atomic E-state index is 11.4. The van der Waals surface area contributed by atoms with Crippen LogP contribution in [0.15, 0.2) is 48.5 Å². The van der Waals surface area contributed by atoms with Gasteiger partial charge in [-0.25, -0.2) is 9.59 Å². The molecule has 0 spiro atoms. The number of hydrogen-bond acceptors (Lipinski definition) is 2. The molecule has 100 valence electrons. The van der Waals surface area contributed by atoms with Crippen LogP contribution in [0.25, 0.3) is 21.5 Å². The molecule has 2 N–H and O–H groups in total. The topological polar surface area (TPSA) is 74.6 Å². The summed E-state index contributed by atoms with van der Waals surface area (Å²) in [5, 5.41) is 21.5. The predicted octanol–water partition coefficient (Wildman–Crippen LogP) is 3.01. The molecular formula is C16H10MgO4. The third-order valence-corrected chi connectivity index (χ3v) is 3.33. The van der Waals surface area contributed by atoms with Crippen LogP contribution in [0, 0.1) is 0 Å². The van der Waals surface area contributed by atoms with Crippen molar-refractivity contribution in [3.8, 4) is 0 Å². The van der Waals surface area contributed by atoms with E-state index in [0.717, 1.165) is 10.8 Å². The zero-order valence-corrected chi connectivity index (χ0v) is 12.5. The Labute approximate surface area is 136 Å². The van der Waals surface area contributed by atoms with Gasteiger partial charge in [-0.05, 0) is 39.7 Å². The summed E-state index contributed by atoms with van der Waals surface area (Å²) in [5.41, 5.74) is -0.360. The fourth-order valence-electron chi connectivity index (χ4n) is 2.42. The summed E-state index contributed by atoms with van der Waals surface area (Å²) < 4.78 is 0. The maximum Gasteiger partial charge on any atom is 0.337 e. The Morgan fingerprint density at radius 2 is 1.38 bits per heavy atom. The molecule has 0 saturated carbocycles. The van der Waals surface area contributed by atoms with Gasteiger partial charge in [-0.2, -0.15) is 0 Å². The summed E-state index contributed by atoms with van der Waals surface area (Å²) >= 11 is 0. The van der Waals surface area contributed by atoms with Crippen LogP contribution >= 0.6 is 0 Å². The van der Waals surface area contributed by atoms with Gasteiger partial charge in [-0.1, -0.05) is 30.3 Å². The van der Waals surface area contributed by atoms with E-state index < -0.39 is 11.9 Å². The molecule has 0 bridgehead atoms. The highest BCUT2D eigenvalue weighted by Gasteiger charge is 2.19. The van der Waals surface area contributed by atoms with E-state index >= 15 is 0 Å². The van der Waals surface area contributed by atoms with Crippen LogP contribution in [0.4, 0.5) is 0 Å². The molecule has 0 amide bonds. The van der Waals surface area contributed by atoms with Crippen LogP contribution in [0.3, 0.4) is 0 Å². The van der Waals surface area contributed by atoms with Gasteiger partial charge in [0, 0.05) is 23.1 Å². The van der Waals surface area contributed by atoms with Gasteiger partial charge in [0.1, 0.15) is 0 Å². The standard InChI is InChI=1S/C16H10O4.Mg/c17-15(18)12-6-5-11-7-9-3-1-2-4-10(9)8-13(11)14(12)16(19)20;/h1-8H,(H,17,18)(H,19,20);. The fourth-order valence-corrected chi connectivity index (χ4v) is 2.42. The first-order valence-corrected chi connectivity index (χ1v) is 6.00. The Hall–Kier alpha value is -2.11. The lowest BCUT2D eigenvalue weighted by Gasteiger charge is -2.08. The van der Waals surface area contributed by atoms with E-state index in [4.69, 9.17) is 5.11 Å². The first kappa shape index (κ1) is 15.3. The molecule has 0 atom stereocenters. The summed E-state index contributed by atoms with van der Waals surface area (Å²) in [6.45, 7) is 0. The molecule has 0 unspecified atom stereocenters. The van der Waals surface area contributed by atoms with Gasteiger partial charge in [0.2, 0.25) is 0 Å². The van der Waals surface area contributed by atoms with Gasteiger partial charge in [0.15, 0.2) is 0 Å². The lowest BCUT2D eigenvalue weighted by Crippen LogP contribution is -2.08. The lowest BCUT2D eigenvalue weighted by atomic mass is 9.96. The van der Waals surface area contributed by atoms with E-state index in [0.29, 0.717) is 10.8 Å². The molecule has 0 aliphatic heterocycles. The monoisotopic (exact) mass is 290 g/mol. The summed E-state index contributed by atoms with van der Waals surface area (Å²) in [7, 11) is 0. The van der Waals surface area contributed by atoms with E-state index in [2.05, 4.69) is 0 Å². The van der Waals surface area contributed by atoms with Crippen molar-refractivity contribution in [3.63, 3.8) is 0 Å².